The molecule has 0 bridgehead atoms. The van der Waals surface area contributed by atoms with E-state index in [9.17, 15) is 14.9 Å². The molecule has 132 valence electrons. The van der Waals surface area contributed by atoms with Gasteiger partial charge in [0.25, 0.3) is 5.91 Å². The third-order valence-corrected chi connectivity index (χ3v) is 3.75. The van der Waals surface area contributed by atoms with Crippen LogP contribution < -0.4 is 10.6 Å². The van der Waals surface area contributed by atoms with Crippen LogP contribution in [0.25, 0.3) is 0 Å². The van der Waals surface area contributed by atoms with Gasteiger partial charge in [-0.15, -0.1) is 0 Å². The Bertz CT molecular complexity index is 894. The lowest BCUT2D eigenvalue weighted by atomic mass is 10.1. The van der Waals surface area contributed by atoms with Crippen molar-refractivity contribution in [1.29, 1.82) is 5.26 Å². The number of hydrogen-bond acceptors (Lipinski definition) is 4. The maximum absolute atomic E-state index is 12.2. The highest BCUT2D eigenvalue weighted by molar-refractivity contribution is 6.06. The molecule has 2 rings (SSSR count). The Labute approximate surface area is 151 Å². The van der Waals surface area contributed by atoms with Gasteiger partial charge >= 0.3 is 5.97 Å². The minimum atomic E-state index is -0.987. The summed E-state index contributed by atoms with van der Waals surface area (Å²) >= 11 is 0. The molecule has 0 saturated heterocycles. The normalized spacial score (nSPS) is 10.7. The summed E-state index contributed by atoms with van der Waals surface area (Å²) in [6.07, 6.45) is 1.35. The smallest absolute Gasteiger partial charge is 0.335 e. The minimum absolute atomic E-state index is 0.0490. The molecule has 0 unspecified atom stereocenters. The average Bonchev–Trinajstić information content (AvgIpc) is 2.61. The molecule has 0 aliphatic rings. The summed E-state index contributed by atoms with van der Waals surface area (Å²) in [6.45, 7) is 4.21. The van der Waals surface area contributed by atoms with E-state index < -0.39 is 11.9 Å². The Morgan fingerprint density at radius 1 is 1.15 bits per heavy atom. The molecule has 3 N–H and O–H groups in total. The highest BCUT2D eigenvalue weighted by Crippen LogP contribution is 2.16. The van der Waals surface area contributed by atoms with Gasteiger partial charge in [0.05, 0.1) is 5.56 Å². The SMILES string of the molecule is Cc1ccc(NC(=O)/C(C#N)=C\NCc2ccc(C(=O)O)cc2)c(C)c1. The molecule has 0 fully saturated rings. The van der Waals surface area contributed by atoms with Crippen LogP contribution in [0.1, 0.15) is 27.0 Å². The van der Waals surface area contributed by atoms with E-state index in [0.717, 1.165) is 16.7 Å². The third kappa shape index (κ3) is 4.95. The topological polar surface area (TPSA) is 102 Å². The summed E-state index contributed by atoms with van der Waals surface area (Å²) in [5.41, 5.74) is 3.65. The molecule has 1 amide bonds. The van der Waals surface area contributed by atoms with Crippen molar-refractivity contribution in [2.45, 2.75) is 20.4 Å². The van der Waals surface area contributed by atoms with E-state index in [4.69, 9.17) is 5.11 Å². The first-order valence-electron chi connectivity index (χ1n) is 7.95. The summed E-state index contributed by atoms with van der Waals surface area (Å²) in [4.78, 5) is 23.1. The van der Waals surface area contributed by atoms with E-state index in [2.05, 4.69) is 10.6 Å². The Kier molecular flexibility index (Phi) is 6.12. The summed E-state index contributed by atoms with van der Waals surface area (Å²) in [6, 6.07) is 13.9. The molecule has 2 aromatic rings. The number of hydrogen-bond donors (Lipinski definition) is 3. The maximum Gasteiger partial charge on any atom is 0.335 e. The van der Waals surface area contributed by atoms with E-state index >= 15 is 0 Å². The van der Waals surface area contributed by atoms with E-state index in [0.29, 0.717) is 12.2 Å². The van der Waals surface area contributed by atoms with Crippen LogP contribution >= 0.6 is 0 Å². The number of benzene rings is 2. The molecule has 0 aliphatic carbocycles. The lowest BCUT2D eigenvalue weighted by Crippen LogP contribution is -2.17. The number of nitrogens with one attached hydrogen (secondary N) is 2. The van der Waals surface area contributed by atoms with Crippen LogP contribution in [0.15, 0.2) is 54.2 Å². The van der Waals surface area contributed by atoms with Crippen LogP contribution in [-0.4, -0.2) is 17.0 Å². The molecular weight excluding hydrogens is 330 g/mol. The fourth-order valence-electron chi connectivity index (χ4n) is 2.33. The molecule has 0 spiro atoms. The molecule has 0 heterocycles. The van der Waals surface area contributed by atoms with E-state index in [1.54, 1.807) is 18.2 Å². The Morgan fingerprint density at radius 3 is 2.42 bits per heavy atom. The van der Waals surface area contributed by atoms with Crippen molar-refractivity contribution in [2.75, 3.05) is 5.32 Å². The predicted molar refractivity (Wildman–Crippen MR) is 98.5 cm³/mol. The summed E-state index contributed by atoms with van der Waals surface area (Å²) in [5.74, 6) is -1.48. The second kappa shape index (κ2) is 8.49. The standard InChI is InChI=1S/C20H19N3O3/c1-13-3-8-18(14(2)9-13)23-19(24)17(10-21)12-22-11-15-4-6-16(7-5-15)20(25)26/h3-9,12,22H,11H2,1-2H3,(H,23,24)(H,25,26)/b17-12-. The van der Waals surface area contributed by atoms with Gasteiger partial charge in [-0.2, -0.15) is 5.26 Å². The number of carbonyl (C=O) groups excluding carboxylic acids is 1. The molecule has 0 aromatic heterocycles. The Morgan fingerprint density at radius 2 is 1.85 bits per heavy atom. The molecule has 0 aliphatic heterocycles. The number of anilines is 1. The van der Waals surface area contributed by atoms with Gasteiger partial charge in [-0.1, -0.05) is 29.8 Å². The lowest BCUT2D eigenvalue weighted by Gasteiger charge is -2.09. The zero-order valence-corrected chi connectivity index (χ0v) is 14.5. The molecule has 0 radical (unpaired) electrons. The number of carboxylic acids is 1. The number of aromatic carboxylic acids is 1. The highest BCUT2D eigenvalue weighted by atomic mass is 16.4. The number of nitriles is 1. The minimum Gasteiger partial charge on any atom is -0.478 e. The zero-order chi connectivity index (χ0) is 19.1. The largest absolute Gasteiger partial charge is 0.478 e. The summed E-state index contributed by atoms with van der Waals surface area (Å²) < 4.78 is 0. The van der Waals surface area contributed by atoms with Crippen molar-refractivity contribution in [3.8, 4) is 6.07 Å². The van der Waals surface area contributed by atoms with Crippen LogP contribution in [-0.2, 0) is 11.3 Å². The number of amides is 1. The van der Waals surface area contributed by atoms with Gasteiger partial charge in [-0.3, -0.25) is 4.79 Å². The molecule has 6 heteroatoms. The first-order valence-corrected chi connectivity index (χ1v) is 7.95. The fourth-order valence-corrected chi connectivity index (χ4v) is 2.33. The molecule has 2 aromatic carbocycles. The quantitative estimate of drug-likeness (QED) is 0.549. The second-order valence-corrected chi connectivity index (χ2v) is 5.83. The van der Waals surface area contributed by atoms with Crippen LogP contribution in [0.2, 0.25) is 0 Å². The van der Waals surface area contributed by atoms with Gasteiger partial charge in [0.2, 0.25) is 0 Å². The monoisotopic (exact) mass is 349 g/mol. The number of carbonyl (C=O) groups is 2. The fraction of sp³-hybridized carbons (Fsp3) is 0.150. The van der Waals surface area contributed by atoms with Crippen LogP contribution in [0.5, 0.6) is 0 Å². The van der Waals surface area contributed by atoms with Gasteiger partial charge < -0.3 is 15.7 Å². The highest BCUT2D eigenvalue weighted by Gasteiger charge is 2.10. The first-order chi connectivity index (χ1) is 12.4. The van der Waals surface area contributed by atoms with Crippen molar-refractivity contribution in [3.63, 3.8) is 0 Å². The van der Waals surface area contributed by atoms with Gasteiger partial charge in [-0.05, 0) is 43.2 Å². The molecule has 0 atom stereocenters. The average molecular weight is 349 g/mol. The maximum atomic E-state index is 12.2. The van der Waals surface area contributed by atoms with Crippen molar-refractivity contribution in [3.05, 3.63) is 76.5 Å². The number of nitrogens with zero attached hydrogens (tertiary/aromatic N) is 1. The van der Waals surface area contributed by atoms with E-state index in [-0.39, 0.29) is 11.1 Å². The van der Waals surface area contributed by atoms with E-state index in [1.807, 2.05) is 32.0 Å². The summed E-state index contributed by atoms with van der Waals surface area (Å²) in [5, 5.41) is 23.7. The van der Waals surface area contributed by atoms with E-state index in [1.165, 1.54) is 18.3 Å². The van der Waals surface area contributed by atoms with Crippen molar-refractivity contribution < 1.29 is 14.7 Å². The Balaban J connectivity index is 1.99. The molecular formula is C20H19N3O3. The zero-order valence-electron chi connectivity index (χ0n) is 14.5. The van der Waals surface area contributed by atoms with Gasteiger partial charge in [-0.25, -0.2) is 4.79 Å². The number of carboxylic acid groups (broad SMARTS) is 1. The van der Waals surface area contributed by atoms with Gasteiger partial charge in [0.15, 0.2) is 0 Å². The van der Waals surface area contributed by atoms with Crippen molar-refractivity contribution in [1.82, 2.24) is 5.32 Å². The third-order valence-electron chi connectivity index (χ3n) is 3.75. The molecule has 0 saturated carbocycles. The van der Waals surface area contributed by atoms with Crippen molar-refractivity contribution in [2.24, 2.45) is 0 Å². The van der Waals surface area contributed by atoms with Crippen LogP contribution in [0.3, 0.4) is 0 Å². The van der Waals surface area contributed by atoms with Crippen LogP contribution in [0.4, 0.5) is 5.69 Å². The number of aryl methyl sites for hydroxylation is 2. The molecule has 6 nitrogen and oxygen atoms in total. The lowest BCUT2D eigenvalue weighted by molar-refractivity contribution is -0.112. The van der Waals surface area contributed by atoms with Crippen molar-refractivity contribution >= 4 is 17.6 Å². The first kappa shape index (κ1) is 18.7. The predicted octanol–water partition coefficient (Wildman–Crippen LogP) is 3.14. The number of rotatable bonds is 6. The van der Waals surface area contributed by atoms with Gasteiger partial charge in [0, 0.05) is 18.4 Å². The molecule has 26 heavy (non-hydrogen) atoms. The Hall–Kier alpha value is -3.59. The van der Waals surface area contributed by atoms with Crippen LogP contribution in [0, 0.1) is 25.2 Å². The van der Waals surface area contributed by atoms with Gasteiger partial charge in [0.1, 0.15) is 11.6 Å². The summed E-state index contributed by atoms with van der Waals surface area (Å²) in [7, 11) is 0. The second-order valence-electron chi connectivity index (χ2n) is 5.83.